The normalized spacial score (nSPS) is 16.6. The van der Waals surface area contributed by atoms with Crippen molar-refractivity contribution >= 4 is 21.8 Å². The molecule has 1 aliphatic rings. The summed E-state index contributed by atoms with van der Waals surface area (Å²) in [4.78, 5) is 14.2. The molecular weight excluding hydrogens is 278 g/mol. The van der Waals surface area contributed by atoms with E-state index in [4.69, 9.17) is 0 Å². The topological polar surface area (TPSA) is 20.3 Å². The first-order valence-corrected chi connectivity index (χ1v) is 7.15. The van der Waals surface area contributed by atoms with E-state index in [2.05, 4.69) is 47.1 Å². The predicted octanol–water partition coefficient (Wildman–Crippen LogP) is 2.64. The van der Waals surface area contributed by atoms with Crippen molar-refractivity contribution in [2.45, 2.75) is 25.8 Å². The lowest BCUT2D eigenvalue weighted by Gasteiger charge is -2.26. The molecule has 2 rings (SSSR count). The number of carbonyl (C=O) groups is 1. The van der Waals surface area contributed by atoms with E-state index in [1.165, 1.54) is 11.1 Å². The van der Waals surface area contributed by atoms with E-state index in [9.17, 15) is 4.79 Å². The number of rotatable bonds is 3. The number of carbonyl (C=O) groups excluding carboxylic acids is 1. The quantitative estimate of drug-likeness (QED) is 0.785. The molecule has 0 radical (unpaired) electrons. The van der Waals surface area contributed by atoms with Crippen LogP contribution in [-0.2, 0) is 17.6 Å². The fourth-order valence-electron chi connectivity index (χ4n) is 2.34. The zero-order valence-corrected chi connectivity index (χ0v) is 11.9. The number of halogens is 1. The van der Waals surface area contributed by atoms with Crippen LogP contribution < -0.4 is 0 Å². The molecular formula is C14H18BrNO. The molecule has 0 spiro atoms. The van der Waals surface area contributed by atoms with Crippen LogP contribution >= 0.6 is 15.9 Å². The van der Waals surface area contributed by atoms with E-state index < -0.39 is 0 Å². The van der Waals surface area contributed by atoms with Gasteiger partial charge in [0.2, 0.25) is 5.91 Å². The molecule has 1 aliphatic carbocycles. The van der Waals surface area contributed by atoms with E-state index in [1.807, 2.05) is 11.9 Å². The van der Waals surface area contributed by atoms with Gasteiger partial charge < -0.3 is 4.90 Å². The highest BCUT2D eigenvalue weighted by Crippen LogP contribution is 2.28. The number of hydrogen-bond acceptors (Lipinski definition) is 1. The Kier molecular flexibility index (Phi) is 3.87. The molecule has 1 aromatic rings. The summed E-state index contributed by atoms with van der Waals surface area (Å²) in [5.41, 5.74) is 2.68. The summed E-state index contributed by atoms with van der Waals surface area (Å²) in [5, 5.41) is 0.828. The zero-order chi connectivity index (χ0) is 12.4. The third-order valence-corrected chi connectivity index (χ3v) is 4.57. The number of fused-ring (bicyclic) bond motifs is 1. The van der Waals surface area contributed by atoms with Gasteiger partial charge >= 0.3 is 0 Å². The van der Waals surface area contributed by atoms with Crippen LogP contribution in [0.5, 0.6) is 0 Å². The summed E-state index contributed by atoms with van der Waals surface area (Å²) in [6, 6.07) is 8.63. The largest absolute Gasteiger partial charge is 0.342 e. The number of benzene rings is 1. The summed E-state index contributed by atoms with van der Waals surface area (Å²) in [6.07, 6.45) is 1.79. The molecule has 3 heteroatoms. The second-order valence-corrected chi connectivity index (χ2v) is 5.47. The van der Waals surface area contributed by atoms with Crippen molar-refractivity contribution in [3.8, 4) is 0 Å². The van der Waals surface area contributed by atoms with E-state index in [-0.39, 0.29) is 17.9 Å². The van der Waals surface area contributed by atoms with E-state index in [1.54, 1.807) is 0 Å². The van der Waals surface area contributed by atoms with Crippen LogP contribution in [0.1, 0.15) is 18.1 Å². The predicted molar refractivity (Wildman–Crippen MR) is 73.4 cm³/mol. The lowest BCUT2D eigenvalue weighted by atomic mass is 10.0. The minimum absolute atomic E-state index is 0.138. The van der Waals surface area contributed by atoms with Crippen molar-refractivity contribution in [3.63, 3.8) is 0 Å². The van der Waals surface area contributed by atoms with Gasteiger partial charge in [-0.2, -0.15) is 0 Å². The Hall–Kier alpha value is -0.830. The van der Waals surface area contributed by atoms with Crippen molar-refractivity contribution in [2.24, 2.45) is 5.92 Å². The molecule has 1 aromatic carbocycles. The van der Waals surface area contributed by atoms with Gasteiger partial charge in [0.05, 0.1) is 0 Å². The molecule has 0 saturated heterocycles. The molecule has 0 N–H and O–H groups in total. The van der Waals surface area contributed by atoms with Crippen LogP contribution in [0.4, 0.5) is 0 Å². The lowest BCUT2D eigenvalue weighted by molar-refractivity contribution is -0.135. The number of nitrogens with zero attached hydrogens (tertiary/aromatic N) is 1. The first kappa shape index (κ1) is 12.6. The Morgan fingerprint density at radius 2 is 1.94 bits per heavy atom. The number of alkyl halides is 1. The molecule has 2 nitrogen and oxygen atoms in total. The lowest BCUT2D eigenvalue weighted by Crippen LogP contribution is -2.40. The highest BCUT2D eigenvalue weighted by Gasteiger charge is 2.30. The standard InChI is InChI=1S/C14H18BrNO/c1-10(9-15)16(2)14(17)13-7-11-5-3-4-6-12(11)8-13/h3-6,10,13H,7-9H2,1-2H3. The van der Waals surface area contributed by atoms with Crippen LogP contribution in [-0.4, -0.2) is 29.2 Å². The van der Waals surface area contributed by atoms with Gasteiger partial charge in [-0.05, 0) is 30.9 Å². The van der Waals surface area contributed by atoms with Crippen molar-refractivity contribution in [1.82, 2.24) is 4.90 Å². The first-order valence-electron chi connectivity index (χ1n) is 6.03. The fourth-order valence-corrected chi connectivity index (χ4v) is 2.78. The maximum atomic E-state index is 12.3. The average molecular weight is 296 g/mol. The molecule has 0 fully saturated rings. The third-order valence-electron chi connectivity index (χ3n) is 3.63. The summed E-state index contributed by atoms with van der Waals surface area (Å²) in [7, 11) is 1.90. The van der Waals surface area contributed by atoms with Crippen LogP contribution in [0.3, 0.4) is 0 Å². The highest BCUT2D eigenvalue weighted by molar-refractivity contribution is 9.09. The van der Waals surface area contributed by atoms with Crippen molar-refractivity contribution < 1.29 is 4.79 Å². The van der Waals surface area contributed by atoms with E-state index >= 15 is 0 Å². The maximum absolute atomic E-state index is 12.3. The van der Waals surface area contributed by atoms with Crippen LogP contribution in [0, 0.1) is 5.92 Å². The van der Waals surface area contributed by atoms with Gasteiger partial charge in [0, 0.05) is 24.3 Å². The van der Waals surface area contributed by atoms with Gasteiger partial charge in [-0.1, -0.05) is 40.2 Å². The smallest absolute Gasteiger partial charge is 0.226 e. The second kappa shape index (κ2) is 5.21. The Labute approximate surface area is 111 Å². The van der Waals surface area contributed by atoms with E-state index in [0.717, 1.165) is 18.2 Å². The Bertz CT molecular complexity index is 393. The molecule has 1 unspecified atom stereocenters. The van der Waals surface area contributed by atoms with Crippen molar-refractivity contribution in [2.75, 3.05) is 12.4 Å². The van der Waals surface area contributed by atoms with Crippen LogP contribution in [0.2, 0.25) is 0 Å². The minimum Gasteiger partial charge on any atom is -0.342 e. The molecule has 1 amide bonds. The molecule has 17 heavy (non-hydrogen) atoms. The highest BCUT2D eigenvalue weighted by atomic mass is 79.9. The van der Waals surface area contributed by atoms with Crippen molar-refractivity contribution in [3.05, 3.63) is 35.4 Å². The summed E-state index contributed by atoms with van der Waals surface area (Å²) in [6.45, 7) is 2.06. The van der Waals surface area contributed by atoms with E-state index in [0.29, 0.717) is 0 Å². The molecule has 0 aliphatic heterocycles. The molecule has 0 heterocycles. The van der Waals surface area contributed by atoms with Crippen molar-refractivity contribution in [1.29, 1.82) is 0 Å². The minimum atomic E-state index is 0.138. The zero-order valence-electron chi connectivity index (χ0n) is 10.3. The first-order chi connectivity index (χ1) is 8.13. The van der Waals surface area contributed by atoms with Gasteiger partial charge in [0.25, 0.3) is 0 Å². The van der Waals surface area contributed by atoms with Gasteiger partial charge in [-0.25, -0.2) is 0 Å². The summed E-state index contributed by atoms with van der Waals surface area (Å²) < 4.78 is 0. The molecule has 0 bridgehead atoms. The van der Waals surface area contributed by atoms with Crippen LogP contribution in [0.15, 0.2) is 24.3 Å². The summed E-state index contributed by atoms with van der Waals surface area (Å²) in [5.74, 6) is 0.409. The number of amides is 1. The fraction of sp³-hybridized carbons (Fsp3) is 0.500. The second-order valence-electron chi connectivity index (χ2n) is 4.83. The van der Waals surface area contributed by atoms with Gasteiger partial charge in [0.1, 0.15) is 0 Å². The Morgan fingerprint density at radius 3 is 2.41 bits per heavy atom. The average Bonchev–Trinajstić information content (AvgIpc) is 2.79. The molecule has 0 aromatic heterocycles. The summed E-state index contributed by atoms with van der Waals surface area (Å²) >= 11 is 3.43. The molecule has 0 saturated carbocycles. The van der Waals surface area contributed by atoms with Gasteiger partial charge in [0.15, 0.2) is 0 Å². The maximum Gasteiger partial charge on any atom is 0.226 e. The molecule has 92 valence electrons. The Balaban J connectivity index is 2.05. The molecule has 1 atom stereocenters. The Morgan fingerprint density at radius 1 is 1.41 bits per heavy atom. The third kappa shape index (κ3) is 2.54. The van der Waals surface area contributed by atoms with Gasteiger partial charge in [-0.3, -0.25) is 4.79 Å². The monoisotopic (exact) mass is 295 g/mol. The number of hydrogen-bond donors (Lipinski definition) is 0. The van der Waals surface area contributed by atoms with Crippen LogP contribution in [0.25, 0.3) is 0 Å². The van der Waals surface area contributed by atoms with Gasteiger partial charge in [-0.15, -0.1) is 0 Å². The SMILES string of the molecule is CC(CBr)N(C)C(=O)C1Cc2ccccc2C1.